The molecule has 1 saturated heterocycles. The van der Waals surface area contributed by atoms with Crippen molar-refractivity contribution >= 4 is 27.4 Å². The number of carbonyl (C=O) groups is 1. The predicted molar refractivity (Wildman–Crippen MR) is 97.6 cm³/mol. The lowest BCUT2D eigenvalue weighted by molar-refractivity contribution is 0.0564. The van der Waals surface area contributed by atoms with Gasteiger partial charge in [0.2, 0.25) is 10.0 Å². The Labute approximate surface area is 149 Å². The highest BCUT2D eigenvalue weighted by Gasteiger charge is 2.29. The van der Waals surface area contributed by atoms with Crippen molar-refractivity contribution in [3.8, 4) is 0 Å². The Kier molecular flexibility index (Phi) is 5.48. The van der Waals surface area contributed by atoms with E-state index in [0.717, 1.165) is 12.0 Å². The van der Waals surface area contributed by atoms with Gasteiger partial charge in [0.25, 0.3) is 0 Å². The molecule has 1 aromatic carbocycles. The van der Waals surface area contributed by atoms with Gasteiger partial charge in [-0.25, -0.2) is 13.2 Å². The molecule has 0 bridgehead atoms. The van der Waals surface area contributed by atoms with Crippen LogP contribution in [-0.4, -0.2) is 57.9 Å². The number of hydrogen-bond donors (Lipinski definition) is 1. The number of fused-ring (bicyclic) bond motifs is 1. The first kappa shape index (κ1) is 18.0. The van der Waals surface area contributed by atoms with Gasteiger partial charge < -0.3 is 15.0 Å². The summed E-state index contributed by atoms with van der Waals surface area (Å²) in [5.41, 5.74) is 2.31. The van der Waals surface area contributed by atoms with Gasteiger partial charge in [-0.1, -0.05) is 19.4 Å². The van der Waals surface area contributed by atoms with E-state index in [1.165, 1.54) is 4.31 Å². The molecule has 0 unspecified atom stereocenters. The van der Waals surface area contributed by atoms with E-state index in [1.54, 1.807) is 11.0 Å². The maximum absolute atomic E-state index is 12.6. The zero-order chi connectivity index (χ0) is 17.9. The van der Waals surface area contributed by atoms with Crippen LogP contribution < -0.4 is 9.62 Å². The third-order valence-electron chi connectivity index (χ3n) is 4.58. The normalized spacial score (nSPS) is 17.5. The Hall–Kier alpha value is -1.80. The number of benzene rings is 1. The topological polar surface area (TPSA) is 79.0 Å². The molecule has 7 nitrogen and oxygen atoms in total. The van der Waals surface area contributed by atoms with Gasteiger partial charge >= 0.3 is 6.03 Å². The quantitative estimate of drug-likeness (QED) is 0.864. The molecule has 3 rings (SSSR count). The van der Waals surface area contributed by atoms with E-state index in [1.807, 2.05) is 19.1 Å². The van der Waals surface area contributed by atoms with E-state index >= 15 is 0 Å². The molecule has 2 amide bonds. The average Bonchev–Trinajstić information content (AvgIpc) is 3.05. The van der Waals surface area contributed by atoms with Crippen molar-refractivity contribution < 1.29 is 17.9 Å². The lowest BCUT2D eigenvalue weighted by Gasteiger charge is -2.27. The molecular weight excluding hydrogens is 342 g/mol. The molecule has 8 heteroatoms. The molecule has 0 radical (unpaired) electrons. The van der Waals surface area contributed by atoms with Crippen LogP contribution in [0.5, 0.6) is 0 Å². The summed E-state index contributed by atoms with van der Waals surface area (Å²) in [6, 6.07) is 5.32. The maximum Gasteiger partial charge on any atom is 0.322 e. The van der Waals surface area contributed by atoms with Crippen molar-refractivity contribution in [1.29, 1.82) is 0 Å². The second kappa shape index (κ2) is 7.61. The average molecular weight is 367 g/mol. The van der Waals surface area contributed by atoms with Crippen LogP contribution in [0.1, 0.15) is 25.3 Å². The number of nitrogens with zero attached hydrogens (tertiary/aromatic N) is 2. The molecule has 0 saturated carbocycles. The van der Waals surface area contributed by atoms with Gasteiger partial charge in [-0.3, -0.25) is 4.31 Å². The van der Waals surface area contributed by atoms with Crippen molar-refractivity contribution in [2.45, 2.75) is 26.2 Å². The van der Waals surface area contributed by atoms with Gasteiger partial charge in [-0.15, -0.1) is 0 Å². The molecule has 0 aliphatic carbocycles. The molecule has 0 aromatic heterocycles. The van der Waals surface area contributed by atoms with Crippen molar-refractivity contribution in [3.05, 3.63) is 23.8 Å². The summed E-state index contributed by atoms with van der Waals surface area (Å²) in [6.45, 7) is 4.67. The smallest absolute Gasteiger partial charge is 0.322 e. The first-order valence-electron chi connectivity index (χ1n) is 8.78. The van der Waals surface area contributed by atoms with Gasteiger partial charge in [0.15, 0.2) is 0 Å². The van der Waals surface area contributed by atoms with Crippen LogP contribution in [0, 0.1) is 0 Å². The summed E-state index contributed by atoms with van der Waals surface area (Å²) in [7, 11) is -3.31. The maximum atomic E-state index is 12.6. The molecule has 1 N–H and O–H groups in total. The van der Waals surface area contributed by atoms with E-state index in [0.29, 0.717) is 57.1 Å². The van der Waals surface area contributed by atoms with Crippen LogP contribution in [0.25, 0.3) is 0 Å². The highest BCUT2D eigenvalue weighted by atomic mass is 32.2. The second-order valence-electron chi connectivity index (χ2n) is 6.36. The predicted octanol–water partition coefficient (Wildman–Crippen LogP) is 2.04. The largest absolute Gasteiger partial charge is 0.378 e. The molecule has 2 aliphatic heterocycles. The first-order valence-corrected chi connectivity index (χ1v) is 10.4. The summed E-state index contributed by atoms with van der Waals surface area (Å²) in [6.07, 6.45) is 2.20. The van der Waals surface area contributed by atoms with Crippen LogP contribution in [0.2, 0.25) is 0 Å². The summed E-state index contributed by atoms with van der Waals surface area (Å²) in [4.78, 5) is 14.0. The number of sulfonamides is 1. The van der Waals surface area contributed by atoms with E-state index in [4.69, 9.17) is 4.74 Å². The van der Waals surface area contributed by atoms with Gasteiger partial charge in [0.05, 0.1) is 24.7 Å². The van der Waals surface area contributed by atoms with Crippen LogP contribution in [-0.2, 0) is 21.2 Å². The van der Waals surface area contributed by atoms with Crippen LogP contribution >= 0.6 is 0 Å². The SMILES string of the molecule is CCCCS(=O)(=O)N1CCc2ccc(NC(=O)N3CCOCC3)cc21. The number of rotatable bonds is 5. The summed E-state index contributed by atoms with van der Waals surface area (Å²) in [5.74, 6) is 0.160. The highest BCUT2D eigenvalue weighted by molar-refractivity contribution is 7.92. The van der Waals surface area contributed by atoms with E-state index in [9.17, 15) is 13.2 Å². The summed E-state index contributed by atoms with van der Waals surface area (Å²) >= 11 is 0. The van der Waals surface area contributed by atoms with Crippen molar-refractivity contribution in [3.63, 3.8) is 0 Å². The van der Waals surface area contributed by atoms with Crippen LogP contribution in [0.3, 0.4) is 0 Å². The Morgan fingerprint density at radius 3 is 2.72 bits per heavy atom. The molecule has 0 spiro atoms. The number of anilines is 2. The Bertz CT molecular complexity index is 729. The fourth-order valence-electron chi connectivity index (χ4n) is 3.12. The lowest BCUT2D eigenvalue weighted by atomic mass is 10.1. The minimum atomic E-state index is -3.31. The Morgan fingerprint density at radius 2 is 2.00 bits per heavy atom. The fourth-order valence-corrected chi connectivity index (χ4v) is 4.84. The van der Waals surface area contributed by atoms with Gasteiger partial charge in [0.1, 0.15) is 0 Å². The Balaban J connectivity index is 1.74. The van der Waals surface area contributed by atoms with Crippen molar-refractivity contribution in [1.82, 2.24) is 4.90 Å². The zero-order valence-corrected chi connectivity index (χ0v) is 15.3. The number of unbranched alkanes of at least 4 members (excludes halogenated alkanes) is 1. The number of carbonyl (C=O) groups excluding carboxylic acids is 1. The molecule has 2 heterocycles. The van der Waals surface area contributed by atoms with Crippen molar-refractivity contribution in [2.24, 2.45) is 0 Å². The second-order valence-corrected chi connectivity index (χ2v) is 8.38. The van der Waals surface area contributed by atoms with Crippen LogP contribution in [0.15, 0.2) is 18.2 Å². The van der Waals surface area contributed by atoms with E-state index in [-0.39, 0.29) is 11.8 Å². The number of nitrogens with one attached hydrogen (secondary N) is 1. The number of ether oxygens (including phenoxy) is 1. The highest BCUT2D eigenvalue weighted by Crippen LogP contribution is 2.33. The number of hydrogen-bond acceptors (Lipinski definition) is 4. The number of urea groups is 1. The summed E-state index contributed by atoms with van der Waals surface area (Å²) < 4.78 is 31.8. The first-order chi connectivity index (χ1) is 12.0. The minimum Gasteiger partial charge on any atom is -0.378 e. The molecule has 1 fully saturated rings. The number of amides is 2. The third kappa shape index (κ3) is 4.07. The van der Waals surface area contributed by atoms with Gasteiger partial charge in [0, 0.05) is 25.3 Å². The molecule has 25 heavy (non-hydrogen) atoms. The minimum absolute atomic E-state index is 0.160. The molecule has 2 aliphatic rings. The molecule has 138 valence electrons. The third-order valence-corrected chi connectivity index (χ3v) is 6.43. The van der Waals surface area contributed by atoms with Gasteiger partial charge in [-0.05, 0) is 30.5 Å². The lowest BCUT2D eigenvalue weighted by Crippen LogP contribution is -2.43. The van der Waals surface area contributed by atoms with Crippen molar-refractivity contribution in [2.75, 3.05) is 48.2 Å². The molecule has 1 aromatic rings. The fraction of sp³-hybridized carbons (Fsp3) is 0.588. The summed E-state index contributed by atoms with van der Waals surface area (Å²) in [5, 5.41) is 2.87. The van der Waals surface area contributed by atoms with Gasteiger partial charge in [-0.2, -0.15) is 0 Å². The molecular formula is C17H25N3O4S. The number of morpholine rings is 1. The van der Waals surface area contributed by atoms with Crippen LogP contribution in [0.4, 0.5) is 16.2 Å². The standard InChI is InChI=1S/C17H25N3O4S/c1-2-3-12-25(22,23)20-7-6-14-4-5-15(13-16(14)20)18-17(21)19-8-10-24-11-9-19/h4-5,13H,2-3,6-12H2,1H3,(H,18,21). The monoisotopic (exact) mass is 367 g/mol. The zero-order valence-electron chi connectivity index (χ0n) is 14.5. The molecule has 0 atom stereocenters. The van der Waals surface area contributed by atoms with E-state index in [2.05, 4.69) is 5.32 Å². The van der Waals surface area contributed by atoms with E-state index < -0.39 is 10.0 Å². The Morgan fingerprint density at radius 1 is 1.24 bits per heavy atom.